The summed E-state index contributed by atoms with van der Waals surface area (Å²) in [6.07, 6.45) is -3.57. The molecule has 63 heavy (non-hydrogen) atoms. The van der Waals surface area contributed by atoms with Crippen molar-refractivity contribution in [3.05, 3.63) is 95.8 Å². The third-order valence-electron chi connectivity index (χ3n) is 9.91. The Labute approximate surface area is 366 Å². The zero-order valence-electron chi connectivity index (χ0n) is 36.7. The van der Waals surface area contributed by atoms with E-state index >= 15 is 4.39 Å². The van der Waals surface area contributed by atoms with Gasteiger partial charge in [0.25, 0.3) is 0 Å². The maximum absolute atomic E-state index is 16.0. The van der Waals surface area contributed by atoms with E-state index in [1.165, 1.54) is 42.1 Å². The Morgan fingerprint density at radius 2 is 1.25 bits per heavy atom. The lowest BCUT2D eigenvalue weighted by Gasteiger charge is -2.36. The van der Waals surface area contributed by atoms with E-state index in [1.807, 2.05) is 81.4 Å². The molecule has 340 valence electrons. The summed E-state index contributed by atoms with van der Waals surface area (Å²) < 4.78 is 38.3. The van der Waals surface area contributed by atoms with Gasteiger partial charge in [0.15, 0.2) is 0 Å². The molecule has 6 amide bonds. The molecule has 3 saturated heterocycles. The van der Waals surface area contributed by atoms with Gasteiger partial charge < -0.3 is 34.1 Å². The molecule has 0 saturated carbocycles. The van der Waals surface area contributed by atoms with Crippen LogP contribution in [0.1, 0.15) is 52.7 Å². The van der Waals surface area contributed by atoms with Crippen molar-refractivity contribution in [2.45, 2.75) is 72.1 Å². The second-order valence-corrected chi connectivity index (χ2v) is 17.1. The van der Waals surface area contributed by atoms with Crippen molar-refractivity contribution in [2.24, 2.45) is 0 Å². The van der Waals surface area contributed by atoms with Crippen LogP contribution in [0.5, 0.6) is 0 Å². The van der Waals surface area contributed by atoms with Gasteiger partial charge in [-0.05, 0) is 70.9 Å². The number of cyclic esters (lactones) is 1. The minimum atomic E-state index is -0.764. The first-order valence-electron chi connectivity index (χ1n) is 20.9. The molecule has 3 aliphatic rings. The molecule has 3 heterocycles. The maximum atomic E-state index is 16.0. The van der Waals surface area contributed by atoms with E-state index in [-0.39, 0.29) is 90.0 Å². The highest BCUT2D eigenvalue weighted by Gasteiger charge is 2.37. The molecule has 0 spiro atoms. The summed E-state index contributed by atoms with van der Waals surface area (Å²) in [5.74, 6) is -0.638. The van der Waals surface area contributed by atoms with Crippen LogP contribution in [-0.2, 0) is 37.0 Å². The molecule has 3 fully saturated rings. The number of hydrogen-bond acceptors (Lipinski definition) is 12. The quantitative estimate of drug-likeness (QED) is 0.237. The van der Waals surface area contributed by atoms with E-state index in [9.17, 15) is 24.0 Å². The number of urea groups is 1. The number of benzene rings is 3. The molecular formula is C44H57FN8O10. The largest absolute Gasteiger partial charge is 0.443 e. The number of carbonyl (C=O) groups excluding carboxylic acids is 5. The van der Waals surface area contributed by atoms with Crippen molar-refractivity contribution in [2.75, 3.05) is 75.2 Å². The lowest BCUT2D eigenvalue weighted by Crippen LogP contribution is -2.51. The fourth-order valence-electron chi connectivity index (χ4n) is 6.94. The monoisotopic (exact) mass is 876 g/mol. The van der Waals surface area contributed by atoms with Gasteiger partial charge in [-0.3, -0.25) is 9.74 Å². The van der Waals surface area contributed by atoms with Gasteiger partial charge in [0.2, 0.25) is 0 Å². The van der Waals surface area contributed by atoms with Crippen molar-refractivity contribution >= 4 is 41.8 Å². The second-order valence-electron chi connectivity index (χ2n) is 17.1. The summed E-state index contributed by atoms with van der Waals surface area (Å²) in [4.78, 5) is 76.9. The molecule has 0 aromatic heterocycles. The summed E-state index contributed by atoms with van der Waals surface area (Å²) in [5, 5.41) is 7.93. The molecule has 3 aromatic rings. The minimum Gasteiger partial charge on any atom is -0.443 e. The number of amides is 6. The van der Waals surface area contributed by atoms with Crippen molar-refractivity contribution in [3.63, 3.8) is 0 Å². The molecule has 18 nitrogen and oxygen atoms in total. The van der Waals surface area contributed by atoms with Crippen LogP contribution in [0, 0.1) is 5.82 Å². The molecule has 3 aromatic carbocycles. The van der Waals surface area contributed by atoms with Gasteiger partial charge in [0, 0.05) is 26.2 Å². The molecule has 1 N–H and O–H groups in total. The van der Waals surface area contributed by atoms with E-state index in [2.05, 4.69) is 5.32 Å². The number of carbonyl (C=O) groups is 5. The number of hydroxylamine groups is 1. The van der Waals surface area contributed by atoms with E-state index in [0.29, 0.717) is 0 Å². The molecule has 0 aliphatic carbocycles. The number of halogens is 1. The van der Waals surface area contributed by atoms with Crippen LogP contribution in [-0.4, -0.2) is 138 Å². The van der Waals surface area contributed by atoms with Gasteiger partial charge in [0.1, 0.15) is 30.7 Å². The van der Waals surface area contributed by atoms with E-state index in [1.54, 1.807) is 31.7 Å². The number of hydrogen-bond donors (Lipinski definition) is 1. The normalized spacial score (nSPS) is 17.8. The lowest BCUT2D eigenvalue weighted by molar-refractivity contribution is -0.312. The molecule has 19 heteroatoms. The Morgan fingerprint density at radius 3 is 1.79 bits per heavy atom. The van der Waals surface area contributed by atoms with Gasteiger partial charge in [0.05, 0.1) is 56.2 Å². The Balaban J connectivity index is 1.05. The van der Waals surface area contributed by atoms with Crippen LogP contribution in [0.2, 0.25) is 0 Å². The number of nitrogens with one attached hydrogen (secondary N) is 1. The van der Waals surface area contributed by atoms with Gasteiger partial charge in [-0.1, -0.05) is 65.8 Å². The van der Waals surface area contributed by atoms with E-state index < -0.39 is 53.5 Å². The predicted octanol–water partition coefficient (Wildman–Crippen LogP) is 6.37. The predicted molar refractivity (Wildman–Crippen MR) is 228 cm³/mol. The highest BCUT2D eigenvalue weighted by atomic mass is 19.1. The molecule has 0 radical (unpaired) electrons. The zero-order valence-corrected chi connectivity index (χ0v) is 36.7. The molecule has 0 bridgehead atoms. The average Bonchev–Trinajstić information content (AvgIpc) is 3.35. The second kappa shape index (κ2) is 20.2. The average molecular weight is 877 g/mol. The van der Waals surface area contributed by atoms with Gasteiger partial charge >= 0.3 is 30.4 Å². The summed E-state index contributed by atoms with van der Waals surface area (Å²) >= 11 is 0. The lowest BCUT2D eigenvalue weighted by atomic mass is 10.2. The number of hydrazine groups is 2. The van der Waals surface area contributed by atoms with E-state index in [4.69, 9.17) is 23.8 Å². The van der Waals surface area contributed by atoms with Gasteiger partial charge in [-0.15, -0.1) is 0 Å². The summed E-state index contributed by atoms with van der Waals surface area (Å²) in [5.41, 5.74) is 0.605. The highest BCUT2D eigenvalue weighted by molar-refractivity contribution is 5.90. The third kappa shape index (κ3) is 12.9. The van der Waals surface area contributed by atoms with Crippen LogP contribution in [0.3, 0.4) is 0 Å². The van der Waals surface area contributed by atoms with Crippen LogP contribution >= 0.6 is 0 Å². The number of rotatable bonds is 9. The van der Waals surface area contributed by atoms with Crippen LogP contribution in [0.4, 0.5) is 39.7 Å². The summed E-state index contributed by atoms with van der Waals surface area (Å²) in [7, 11) is 0. The zero-order chi connectivity index (χ0) is 45.3. The Kier molecular flexibility index (Phi) is 14.8. The summed E-state index contributed by atoms with van der Waals surface area (Å²) in [6, 6.07) is 22.2. The Bertz CT molecular complexity index is 2000. The molecule has 3 aliphatic heterocycles. The number of nitrogens with zero attached hydrogens (tertiary/aromatic N) is 7. The van der Waals surface area contributed by atoms with Crippen molar-refractivity contribution in [1.82, 2.24) is 30.4 Å². The number of ether oxygens (including phenoxy) is 4. The molecule has 1 atom stereocenters. The first-order valence-corrected chi connectivity index (χ1v) is 20.9. The Morgan fingerprint density at radius 1 is 0.698 bits per heavy atom. The molecular weight excluding hydrogens is 820 g/mol. The molecule has 0 unspecified atom stereocenters. The smallest absolute Gasteiger partial charge is 0.429 e. The number of anilines is 2. The van der Waals surface area contributed by atoms with Gasteiger partial charge in [-0.25, -0.2) is 43.4 Å². The fourth-order valence-corrected chi connectivity index (χ4v) is 6.94. The Hall–Kier alpha value is -6.34. The van der Waals surface area contributed by atoms with Crippen LogP contribution < -0.4 is 15.1 Å². The van der Waals surface area contributed by atoms with Gasteiger partial charge in [-0.2, -0.15) is 0 Å². The first-order chi connectivity index (χ1) is 29.9. The highest BCUT2D eigenvalue weighted by Crippen LogP contribution is 2.29. The maximum Gasteiger partial charge on any atom is 0.429 e. The standard InChI is InChI=1S/C44H57FN8O10/c1-43(2,3)62-42(58)52-25-21-48(22-26-53(52)63-44(4,5)6)38(54)46-28-35-29-49(39(55)61-35)34-17-18-37(36(45)27-34)47-19-23-50(40(56)59-30-32-13-9-7-10-14-32)51(24-20-47)41(57)60-31-33-15-11-8-12-16-33/h7-18,27,35H,19-26,28-31H2,1-6H3,(H,46,54)/t35-/m0/s1. The topological polar surface area (TPSA) is 166 Å². The summed E-state index contributed by atoms with van der Waals surface area (Å²) in [6.45, 7) is 11.8. The first kappa shape index (κ1) is 46.2. The van der Waals surface area contributed by atoms with Crippen molar-refractivity contribution < 1.29 is 52.1 Å². The van der Waals surface area contributed by atoms with Crippen LogP contribution in [0.15, 0.2) is 78.9 Å². The fraction of sp³-hybridized carbons (Fsp3) is 0.477. The molecule has 6 rings (SSSR count). The van der Waals surface area contributed by atoms with Crippen molar-refractivity contribution in [3.8, 4) is 0 Å². The SMILES string of the molecule is CC(C)(C)OC(=O)N1CCN(C(=O)NC[C@H]2CN(c3ccc(N4CCN(C(=O)OCc5ccccc5)N(C(=O)OCc5ccccc5)CC4)c(F)c3)C(=O)O2)CCN1OC(C)(C)C. The third-order valence-corrected chi connectivity index (χ3v) is 9.91. The van der Waals surface area contributed by atoms with Crippen molar-refractivity contribution in [1.29, 1.82) is 0 Å². The minimum absolute atomic E-state index is 0.0154. The van der Waals surface area contributed by atoms with E-state index in [0.717, 1.165) is 11.1 Å². The van der Waals surface area contributed by atoms with Crippen LogP contribution in [0.25, 0.3) is 0 Å².